The smallest absolute Gasteiger partial charge is 0.275 e. The Morgan fingerprint density at radius 3 is 2.04 bits per heavy atom. The van der Waals surface area contributed by atoms with Crippen molar-refractivity contribution < 1.29 is 30.7 Å². The van der Waals surface area contributed by atoms with E-state index >= 15 is 0 Å². The molecule has 2 aliphatic rings. The van der Waals surface area contributed by atoms with Crippen LogP contribution in [0.3, 0.4) is 0 Å². The predicted octanol–water partition coefficient (Wildman–Crippen LogP) is 3.55. The second-order valence-electron chi connectivity index (χ2n) is 8.90. The minimum atomic E-state index is 0.335. The highest BCUT2D eigenvalue weighted by Crippen LogP contribution is 2.26. The number of alkyl halides is 2. The van der Waals surface area contributed by atoms with Gasteiger partial charge in [0, 0.05) is 25.6 Å². The molecule has 0 atom stereocenters. The predicted molar refractivity (Wildman–Crippen MR) is 111 cm³/mol. The average Bonchev–Trinajstić information content (AvgIpc) is 2.70. The second-order valence-corrected chi connectivity index (χ2v) is 13.1. The van der Waals surface area contributed by atoms with Gasteiger partial charge >= 0.3 is 0 Å². The summed E-state index contributed by atoms with van der Waals surface area (Å²) in [7, 11) is 0. The molecule has 0 N–H and O–H groups in total. The van der Waals surface area contributed by atoms with Crippen molar-refractivity contribution in [3.05, 3.63) is 0 Å². The molecule has 0 heterocycles. The normalized spacial score (nSPS) is 29.0. The summed E-state index contributed by atoms with van der Waals surface area (Å²) in [5.41, 5.74) is 0. The van der Waals surface area contributed by atoms with Gasteiger partial charge in [0.05, 0.1) is 0 Å². The molecule has 2 saturated carbocycles. The van der Waals surface area contributed by atoms with E-state index in [2.05, 4.69) is 13.8 Å². The van der Waals surface area contributed by atoms with Crippen molar-refractivity contribution >= 4 is 5.78 Å². The molecule has 0 aromatic rings. The number of hydrogen-bond acceptors (Lipinski definition) is 2. The van der Waals surface area contributed by atoms with Gasteiger partial charge in [-0.05, 0) is 70.1 Å². The van der Waals surface area contributed by atoms with Gasteiger partial charge in [0.25, 0.3) is 21.2 Å². The van der Waals surface area contributed by atoms with Crippen LogP contribution < -0.4 is 21.2 Å². The maximum atomic E-state index is 12.3. The standard InChI is InChI=1S/C24H44IO2/c1-3-5-7-9-24(26)21-12-16-23(17-13-21)25-22-14-10-20(11-15-22)19-27-18-8-6-4-2/h20-23H,3-19H2,1-2H3/q+1. The molecule has 0 unspecified atom stereocenters. The fourth-order valence-electron chi connectivity index (χ4n) is 4.62. The number of Topliss-reactive ketones (excluding diaryl/α,β-unsaturated/α-hetero) is 1. The van der Waals surface area contributed by atoms with Crippen LogP contribution in [0, 0.1) is 11.8 Å². The van der Waals surface area contributed by atoms with Crippen molar-refractivity contribution in [2.45, 2.75) is 118 Å². The lowest BCUT2D eigenvalue weighted by Gasteiger charge is -2.26. The molecule has 0 radical (unpaired) electrons. The lowest BCUT2D eigenvalue weighted by atomic mass is 9.84. The van der Waals surface area contributed by atoms with E-state index in [4.69, 9.17) is 4.74 Å². The number of carbonyl (C=O) groups excluding carboxylic acids is 1. The monoisotopic (exact) mass is 491 g/mol. The van der Waals surface area contributed by atoms with E-state index in [1.165, 1.54) is 83.5 Å². The Morgan fingerprint density at radius 1 is 0.815 bits per heavy atom. The van der Waals surface area contributed by atoms with E-state index < -0.39 is 0 Å². The summed E-state index contributed by atoms with van der Waals surface area (Å²) in [6.07, 6.45) is 19.1. The molecule has 2 aliphatic carbocycles. The topological polar surface area (TPSA) is 26.3 Å². The van der Waals surface area contributed by atoms with Gasteiger partial charge in [-0.3, -0.25) is 4.79 Å². The molecule has 0 spiro atoms. The van der Waals surface area contributed by atoms with Crippen LogP contribution in [-0.4, -0.2) is 26.8 Å². The third-order valence-corrected chi connectivity index (χ3v) is 11.0. The molecular weight excluding hydrogens is 447 g/mol. The Bertz CT molecular complexity index is 382. The summed E-state index contributed by atoms with van der Waals surface area (Å²) in [5, 5.41) is 0. The fraction of sp³-hybridized carbons (Fsp3) is 0.958. The zero-order valence-electron chi connectivity index (χ0n) is 18.0. The van der Waals surface area contributed by atoms with Crippen LogP contribution in [-0.2, 0) is 9.53 Å². The van der Waals surface area contributed by atoms with E-state index in [9.17, 15) is 4.79 Å². The average molecular weight is 492 g/mol. The van der Waals surface area contributed by atoms with Gasteiger partial charge in [-0.15, -0.1) is 0 Å². The number of halogens is 1. The Morgan fingerprint density at radius 2 is 1.41 bits per heavy atom. The summed E-state index contributed by atoms with van der Waals surface area (Å²) in [4.78, 5) is 12.3. The molecule has 0 aromatic carbocycles. The van der Waals surface area contributed by atoms with Crippen molar-refractivity contribution in [1.29, 1.82) is 0 Å². The number of carbonyl (C=O) groups is 1. The molecule has 0 bridgehead atoms. The first-order valence-electron chi connectivity index (χ1n) is 11.9. The molecule has 2 rings (SSSR count). The number of ketones is 1. The van der Waals surface area contributed by atoms with Crippen molar-refractivity contribution in [3.8, 4) is 0 Å². The van der Waals surface area contributed by atoms with Gasteiger partial charge in [0.1, 0.15) is 5.78 Å². The minimum absolute atomic E-state index is 0.335. The maximum absolute atomic E-state index is 12.3. The first-order valence-corrected chi connectivity index (χ1v) is 14.4. The van der Waals surface area contributed by atoms with Crippen LogP contribution in [0.15, 0.2) is 0 Å². The SMILES string of the molecule is CCCCCOCC1CCC([I+]C2CCC(C(=O)CCCCC)CC2)CC1. The fourth-order valence-corrected chi connectivity index (χ4v) is 8.94. The quantitative estimate of drug-likeness (QED) is 0.224. The van der Waals surface area contributed by atoms with Crippen LogP contribution in [0.4, 0.5) is 0 Å². The van der Waals surface area contributed by atoms with Crippen LogP contribution in [0.25, 0.3) is 0 Å². The number of hydrogen-bond donors (Lipinski definition) is 0. The summed E-state index contributed by atoms with van der Waals surface area (Å²) < 4.78 is 7.97. The molecule has 2 nitrogen and oxygen atoms in total. The minimum Gasteiger partial charge on any atom is -0.381 e. The Labute approximate surface area is 179 Å². The third kappa shape index (κ3) is 9.60. The summed E-state index contributed by atoms with van der Waals surface area (Å²) >= 11 is 0.335. The lowest BCUT2D eigenvalue weighted by molar-refractivity contribution is -0.726. The molecule has 27 heavy (non-hydrogen) atoms. The van der Waals surface area contributed by atoms with Gasteiger partial charge in [0.2, 0.25) is 0 Å². The molecular formula is C24H44IO2+. The molecule has 2 fully saturated rings. The van der Waals surface area contributed by atoms with Gasteiger partial charge in [-0.1, -0.05) is 39.5 Å². The van der Waals surface area contributed by atoms with Crippen molar-refractivity contribution in [2.75, 3.05) is 13.2 Å². The summed E-state index contributed by atoms with van der Waals surface area (Å²) in [5.74, 6) is 1.84. The molecule has 0 saturated heterocycles. The second kappa shape index (κ2) is 14.4. The zero-order valence-corrected chi connectivity index (χ0v) is 20.2. The Kier molecular flexibility index (Phi) is 12.6. The highest BCUT2D eigenvalue weighted by Gasteiger charge is 2.38. The van der Waals surface area contributed by atoms with Crippen LogP contribution in [0.2, 0.25) is 0 Å². The van der Waals surface area contributed by atoms with Crippen LogP contribution in [0.5, 0.6) is 0 Å². The number of unbranched alkanes of at least 4 members (excludes halogenated alkanes) is 4. The largest absolute Gasteiger partial charge is 0.381 e. The first kappa shape index (κ1) is 23.6. The zero-order chi connectivity index (χ0) is 19.3. The van der Waals surface area contributed by atoms with E-state index in [0.717, 1.165) is 39.8 Å². The highest BCUT2D eigenvalue weighted by atomic mass is 127. The van der Waals surface area contributed by atoms with Crippen LogP contribution in [0.1, 0.15) is 110 Å². The number of ether oxygens (including phenoxy) is 1. The lowest BCUT2D eigenvalue weighted by Crippen LogP contribution is -3.68. The molecule has 0 aromatic heterocycles. The Balaban J connectivity index is 1.53. The third-order valence-electron chi connectivity index (χ3n) is 6.52. The van der Waals surface area contributed by atoms with E-state index in [-0.39, 0.29) is 0 Å². The first-order chi connectivity index (χ1) is 13.2. The highest BCUT2D eigenvalue weighted by molar-refractivity contribution is 5.81. The van der Waals surface area contributed by atoms with Gasteiger partial charge in [-0.2, -0.15) is 0 Å². The number of rotatable bonds is 13. The summed E-state index contributed by atoms with van der Waals surface area (Å²) in [6, 6.07) is 0. The van der Waals surface area contributed by atoms with Crippen molar-refractivity contribution in [3.63, 3.8) is 0 Å². The van der Waals surface area contributed by atoms with E-state index in [0.29, 0.717) is 32.9 Å². The van der Waals surface area contributed by atoms with Gasteiger partial charge < -0.3 is 4.74 Å². The van der Waals surface area contributed by atoms with Crippen molar-refractivity contribution in [1.82, 2.24) is 0 Å². The van der Waals surface area contributed by atoms with Gasteiger partial charge in [-0.25, -0.2) is 0 Å². The molecule has 0 aliphatic heterocycles. The van der Waals surface area contributed by atoms with Crippen LogP contribution >= 0.6 is 0 Å². The Hall–Kier alpha value is 0.360. The molecule has 0 amide bonds. The maximum Gasteiger partial charge on any atom is 0.275 e. The van der Waals surface area contributed by atoms with E-state index in [1.54, 1.807) is 0 Å². The van der Waals surface area contributed by atoms with Crippen molar-refractivity contribution in [2.24, 2.45) is 11.8 Å². The molecule has 158 valence electrons. The molecule has 3 heteroatoms. The summed E-state index contributed by atoms with van der Waals surface area (Å²) in [6.45, 7) is 6.46. The van der Waals surface area contributed by atoms with E-state index in [1.807, 2.05) is 0 Å². The van der Waals surface area contributed by atoms with Gasteiger partial charge in [0.15, 0.2) is 7.85 Å².